The molecule has 30 heavy (non-hydrogen) atoms. The second-order valence-corrected chi connectivity index (χ2v) is 9.39. The number of aliphatic carboxylic acids is 1. The molecule has 2 rings (SSSR count). The van der Waals surface area contributed by atoms with Gasteiger partial charge in [-0.15, -0.1) is 11.3 Å². The van der Waals surface area contributed by atoms with Gasteiger partial charge in [-0.2, -0.15) is 8.42 Å². The SMILES string of the molecule is CC(C)[C@H]1[C@@H](NC(=O)C(=NOC(C)(C)C(=O)O)c2csc(N)n2)C(=O)N1S(=O)(=O)O. The highest BCUT2D eigenvalue weighted by Gasteiger charge is 2.55. The van der Waals surface area contributed by atoms with Crippen molar-refractivity contribution in [2.24, 2.45) is 11.1 Å². The van der Waals surface area contributed by atoms with E-state index in [0.29, 0.717) is 0 Å². The Hall–Kier alpha value is -2.78. The number of carbonyl (C=O) groups is 3. The van der Waals surface area contributed by atoms with Crippen LogP contribution in [0.5, 0.6) is 0 Å². The number of anilines is 1. The fraction of sp³-hybridized carbons (Fsp3) is 0.533. The number of amides is 2. The molecule has 1 saturated heterocycles. The van der Waals surface area contributed by atoms with Crippen LogP contribution in [-0.4, -0.2) is 68.5 Å². The fourth-order valence-corrected chi connectivity index (χ4v) is 4.12. The largest absolute Gasteiger partial charge is 0.478 e. The molecule has 1 aliphatic rings. The minimum absolute atomic E-state index is 0.0318. The van der Waals surface area contributed by atoms with E-state index in [9.17, 15) is 27.4 Å². The number of nitrogen functional groups attached to an aromatic ring is 1. The van der Waals surface area contributed by atoms with Crippen molar-refractivity contribution < 1.29 is 37.3 Å². The van der Waals surface area contributed by atoms with Gasteiger partial charge in [0.15, 0.2) is 10.8 Å². The van der Waals surface area contributed by atoms with Crippen LogP contribution in [0.25, 0.3) is 0 Å². The van der Waals surface area contributed by atoms with Crippen LogP contribution < -0.4 is 11.1 Å². The average molecular weight is 463 g/mol. The van der Waals surface area contributed by atoms with Crippen LogP contribution in [0.4, 0.5) is 5.13 Å². The maximum atomic E-state index is 12.8. The van der Waals surface area contributed by atoms with Crippen LogP contribution in [0.1, 0.15) is 33.4 Å². The molecule has 2 amide bonds. The molecule has 2 heterocycles. The van der Waals surface area contributed by atoms with Crippen molar-refractivity contribution in [2.45, 2.75) is 45.4 Å². The second-order valence-electron chi connectivity index (χ2n) is 7.22. The Morgan fingerprint density at radius 2 is 2.03 bits per heavy atom. The van der Waals surface area contributed by atoms with Gasteiger partial charge >= 0.3 is 16.3 Å². The summed E-state index contributed by atoms with van der Waals surface area (Å²) >= 11 is 0.985. The number of thiazole rings is 1. The average Bonchev–Trinajstić information content (AvgIpc) is 3.01. The molecule has 1 aromatic rings. The number of hydrogen-bond acceptors (Lipinski definition) is 10. The van der Waals surface area contributed by atoms with Gasteiger partial charge in [0.2, 0.25) is 5.60 Å². The molecule has 0 aliphatic carbocycles. The summed E-state index contributed by atoms with van der Waals surface area (Å²) in [6.07, 6.45) is 0. The van der Waals surface area contributed by atoms with Crippen LogP contribution in [0.15, 0.2) is 10.5 Å². The summed E-state index contributed by atoms with van der Waals surface area (Å²) in [5.74, 6) is -3.79. The molecule has 0 aromatic carbocycles. The summed E-state index contributed by atoms with van der Waals surface area (Å²) in [4.78, 5) is 45.1. The van der Waals surface area contributed by atoms with Crippen LogP contribution in [0.2, 0.25) is 0 Å². The lowest BCUT2D eigenvalue weighted by atomic mass is 9.88. The molecule has 166 valence electrons. The van der Waals surface area contributed by atoms with Gasteiger partial charge in [0.25, 0.3) is 11.8 Å². The molecular weight excluding hydrogens is 442 g/mol. The number of carbonyl (C=O) groups excluding carboxylic acids is 2. The summed E-state index contributed by atoms with van der Waals surface area (Å²) in [6.45, 7) is 5.61. The lowest BCUT2D eigenvalue weighted by Crippen LogP contribution is -2.73. The first-order chi connectivity index (χ1) is 13.7. The Labute approximate surface area is 175 Å². The monoisotopic (exact) mass is 463 g/mol. The van der Waals surface area contributed by atoms with Crippen LogP contribution >= 0.6 is 11.3 Å². The molecule has 0 bridgehead atoms. The molecule has 15 heteroatoms. The molecule has 5 N–H and O–H groups in total. The predicted octanol–water partition coefficient (Wildman–Crippen LogP) is -0.536. The second kappa shape index (κ2) is 8.16. The molecule has 1 aliphatic heterocycles. The van der Waals surface area contributed by atoms with Gasteiger partial charge in [-0.3, -0.25) is 14.1 Å². The lowest BCUT2D eigenvalue weighted by Gasteiger charge is -2.46. The first-order valence-corrected chi connectivity index (χ1v) is 10.8. The molecular formula is C15H21N5O8S2. The van der Waals surface area contributed by atoms with Gasteiger partial charge in [0, 0.05) is 5.38 Å². The smallest absolute Gasteiger partial charge is 0.362 e. The minimum atomic E-state index is -4.80. The molecule has 0 spiro atoms. The van der Waals surface area contributed by atoms with Gasteiger partial charge < -0.3 is 21.0 Å². The van der Waals surface area contributed by atoms with Crippen molar-refractivity contribution in [1.82, 2.24) is 14.6 Å². The molecule has 13 nitrogen and oxygen atoms in total. The third-order valence-corrected chi connectivity index (χ3v) is 5.77. The van der Waals surface area contributed by atoms with Crippen molar-refractivity contribution in [2.75, 3.05) is 5.73 Å². The number of nitrogens with zero attached hydrogens (tertiary/aromatic N) is 3. The molecule has 0 radical (unpaired) electrons. The van der Waals surface area contributed by atoms with E-state index in [2.05, 4.69) is 15.5 Å². The first-order valence-electron chi connectivity index (χ1n) is 8.49. The molecule has 2 atom stereocenters. The highest BCUT2D eigenvalue weighted by atomic mass is 32.2. The summed E-state index contributed by atoms with van der Waals surface area (Å²) in [7, 11) is -4.80. The number of β-lactam (4-membered cyclic amide) rings is 1. The van der Waals surface area contributed by atoms with E-state index in [1.807, 2.05) is 0 Å². The fourth-order valence-electron chi connectivity index (χ4n) is 2.56. The Morgan fingerprint density at radius 3 is 2.47 bits per heavy atom. The number of nitrogens with one attached hydrogen (secondary N) is 1. The highest BCUT2D eigenvalue weighted by molar-refractivity contribution is 7.84. The first kappa shape index (κ1) is 23.5. The van der Waals surface area contributed by atoms with E-state index in [-0.39, 0.29) is 15.1 Å². The van der Waals surface area contributed by atoms with Crippen LogP contribution in [-0.2, 0) is 29.5 Å². The van der Waals surface area contributed by atoms with Crippen molar-refractivity contribution >= 4 is 50.3 Å². The third-order valence-electron chi connectivity index (χ3n) is 4.17. The number of carboxylic acid groups (broad SMARTS) is 1. The minimum Gasteiger partial charge on any atom is -0.478 e. The predicted molar refractivity (Wildman–Crippen MR) is 105 cm³/mol. The van der Waals surface area contributed by atoms with E-state index in [4.69, 9.17) is 15.7 Å². The summed E-state index contributed by atoms with van der Waals surface area (Å²) in [5, 5.41) is 16.5. The van der Waals surface area contributed by atoms with Crippen LogP contribution in [0.3, 0.4) is 0 Å². The number of hydrogen-bond donors (Lipinski definition) is 4. The maximum Gasteiger partial charge on any atom is 0.362 e. The maximum absolute atomic E-state index is 12.8. The molecule has 1 fully saturated rings. The highest BCUT2D eigenvalue weighted by Crippen LogP contribution is 2.29. The Bertz CT molecular complexity index is 1000. The van der Waals surface area contributed by atoms with E-state index in [1.165, 1.54) is 19.2 Å². The zero-order valence-corrected chi connectivity index (χ0v) is 18.0. The zero-order chi connectivity index (χ0) is 23.0. The van der Waals surface area contributed by atoms with Crippen molar-refractivity contribution in [3.63, 3.8) is 0 Å². The molecule has 0 saturated carbocycles. The van der Waals surface area contributed by atoms with Crippen molar-refractivity contribution in [1.29, 1.82) is 0 Å². The quantitative estimate of drug-likeness (QED) is 0.168. The van der Waals surface area contributed by atoms with Gasteiger partial charge in [0.1, 0.15) is 11.7 Å². The summed E-state index contributed by atoms with van der Waals surface area (Å²) in [5.41, 5.74) is 3.30. The molecule has 0 unspecified atom stereocenters. The number of rotatable bonds is 8. The number of nitrogens with two attached hydrogens (primary N) is 1. The van der Waals surface area contributed by atoms with E-state index in [0.717, 1.165) is 11.3 Å². The third kappa shape index (κ3) is 4.68. The van der Waals surface area contributed by atoms with Crippen LogP contribution in [0, 0.1) is 5.92 Å². The molecule has 1 aromatic heterocycles. The Morgan fingerprint density at radius 1 is 1.43 bits per heavy atom. The number of carboxylic acids is 1. The Kier molecular flexibility index (Phi) is 6.39. The van der Waals surface area contributed by atoms with E-state index in [1.54, 1.807) is 13.8 Å². The van der Waals surface area contributed by atoms with E-state index < -0.39 is 57.4 Å². The Balaban J connectivity index is 2.33. The topological polar surface area (TPSA) is 202 Å². The van der Waals surface area contributed by atoms with Gasteiger partial charge in [-0.25, -0.2) is 14.1 Å². The lowest BCUT2D eigenvalue weighted by molar-refractivity contribution is -0.161. The van der Waals surface area contributed by atoms with Crippen molar-refractivity contribution in [3.8, 4) is 0 Å². The normalized spacial score (nSPS) is 20.1. The van der Waals surface area contributed by atoms with E-state index >= 15 is 0 Å². The summed E-state index contributed by atoms with van der Waals surface area (Å²) < 4.78 is 32.4. The van der Waals surface area contributed by atoms with Crippen molar-refractivity contribution in [3.05, 3.63) is 11.1 Å². The van der Waals surface area contributed by atoms with Gasteiger partial charge in [-0.05, 0) is 19.8 Å². The summed E-state index contributed by atoms with van der Waals surface area (Å²) in [6, 6.07) is -2.30. The zero-order valence-electron chi connectivity index (χ0n) is 16.4. The standard InChI is InChI=1S/C15H21N5O8S2/c1-6(2)10-9(12(22)20(10)30(25,26)27)18-11(21)8(7-5-29-14(16)17-7)19-28-15(3,4)13(23)24/h5-6,9-10H,1-4H3,(H2,16,17)(H,18,21)(H,23,24)(H,25,26,27)/t9-,10+/m1/s1. The number of aromatic nitrogens is 1. The van der Waals surface area contributed by atoms with Gasteiger partial charge in [-0.1, -0.05) is 19.0 Å². The number of oxime groups is 1. The van der Waals surface area contributed by atoms with Gasteiger partial charge in [0.05, 0.1) is 6.04 Å².